The Kier molecular flexibility index (Phi) is 3.96. The van der Waals surface area contributed by atoms with Gasteiger partial charge >= 0.3 is 0 Å². The van der Waals surface area contributed by atoms with Crippen molar-refractivity contribution in [3.8, 4) is 0 Å². The molecule has 2 aromatic rings. The molecule has 2 aromatic carbocycles. The molecule has 1 N–H and O–H groups in total. The Bertz CT molecular complexity index is 714. The van der Waals surface area contributed by atoms with Crippen molar-refractivity contribution in [2.45, 2.75) is 30.4 Å². The van der Waals surface area contributed by atoms with Gasteiger partial charge in [-0.25, -0.2) is 0 Å². The Morgan fingerprint density at radius 3 is 2.86 bits per heavy atom. The Morgan fingerprint density at radius 1 is 1.24 bits per heavy atom. The summed E-state index contributed by atoms with van der Waals surface area (Å²) in [4.78, 5) is 13.7. The Balaban J connectivity index is 1.74. The van der Waals surface area contributed by atoms with Crippen molar-refractivity contribution in [2.75, 3.05) is 5.32 Å². The first-order valence-electron chi connectivity index (χ1n) is 6.86. The third-order valence-corrected chi connectivity index (χ3v) is 5.18. The normalized spacial score (nSPS) is 16.6. The third kappa shape index (κ3) is 3.09. The van der Waals surface area contributed by atoms with Crippen LogP contribution in [-0.2, 0) is 11.2 Å². The molecule has 1 aliphatic rings. The molecule has 0 saturated heterocycles. The smallest absolute Gasteiger partial charge is 0.238 e. The number of nitrogens with one attached hydrogen (secondary N) is 1. The maximum atomic E-state index is 12.5. The fourth-order valence-corrected chi connectivity index (χ4v) is 3.89. The van der Waals surface area contributed by atoms with Crippen molar-refractivity contribution in [2.24, 2.45) is 0 Å². The van der Waals surface area contributed by atoms with E-state index in [-0.39, 0.29) is 11.2 Å². The predicted octanol–water partition coefficient (Wildman–Crippen LogP) is 4.61. The van der Waals surface area contributed by atoms with Gasteiger partial charge in [-0.1, -0.05) is 35.4 Å². The number of thioether (sulfide) groups is 1. The van der Waals surface area contributed by atoms with Gasteiger partial charge in [-0.15, -0.1) is 11.8 Å². The minimum absolute atomic E-state index is 0.0409. The van der Waals surface area contributed by atoms with Crippen LogP contribution >= 0.6 is 23.4 Å². The van der Waals surface area contributed by atoms with Crippen molar-refractivity contribution in [1.29, 1.82) is 0 Å². The van der Waals surface area contributed by atoms with Gasteiger partial charge in [0.2, 0.25) is 5.91 Å². The summed E-state index contributed by atoms with van der Waals surface area (Å²) in [5.74, 6) is 0.0409. The lowest BCUT2D eigenvalue weighted by atomic mass is 10.1. The molecule has 2 nitrogen and oxygen atoms in total. The molecular weight excluding hydrogens is 302 g/mol. The lowest BCUT2D eigenvalue weighted by Gasteiger charge is -2.12. The first-order valence-corrected chi connectivity index (χ1v) is 8.12. The highest BCUT2D eigenvalue weighted by Crippen LogP contribution is 2.38. The van der Waals surface area contributed by atoms with Crippen LogP contribution in [0.4, 0.5) is 5.69 Å². The molecule has 0 unspecified atom stereocenters. The molecule has 0 bridgehead atoms. The Morgan fingerprint density at radius 2 is 2.05 bits per heavy atom. The molecule has 1 heterocycles. The predicted molar refractivity (Wildman–Crippen MR) is 89.3 cm³/mol. The van der Waals surface area contributed by atoms with Crippen LogP contribution in [0.5, 0.6) is 0 Å². The largest absolute Gasteiger partial charge is 0.325 e. The second kappa shape index (κ2) is 5.74. The highest BCUT2D eigenvalue weighted by molar-refractivity contribution is 8.01. The van der Waals surface area contributed by atoms with Crippen LogP contribution in [0.25, 0.3) is 0 Å². The number of hydrogen-bond donors (Lipinski definition) is 1. The molecule has 0 aliphatic carbocycles. The zero-order chi connectivity index (χ0) is 15.0. The summed E-state index contributed by atoms with van der Waals surface area (Å²) in [6.45, 7) is 4.04. The second-order valence-corrected chi connectivity index (χ2v) is 7.05. The monoisotopic (exact) mass is 317 g/mol. The molecule has 0 aromatic heterocycles. The third-order valence-electron chi connectivity index (χ3n) is 3.65. The van der Waals surface area contributed by atoms with E-state index >= 15 is 0 Å². The number of carbonyl (C=O) groups excluding carboxylic acids is 1. The van der Waals surface area contributed by atoms with Crippen LogP contribution in [0.15, 0.2) is 41.3 Å². The molecule has 0 radical (unpaired) electrons. The van der Waals surface area contributed by atoms with Gasteiger partial charge in [0.05, 0.1) is 5.25 Å². The SMILES string of the molecule is Cc1ccc2c(c1)S[C@H](C(=O)Nc1cc(Cl)ccc1C)C2. The average Bonchev–Trinajstić information content (AvgIpc) is 2.86. The average molecular weight is 318 g/mol. The second-order valence-electron chi connectivity index (χ2n) is 5.37. The van der Waals surface area contributed by atoms with Crippen LogP contribution in [-0.4, -0.2) is 11.2 Å². The number of anilines is 1. The quantitative estimate of drug-likeness (QED) is 0.876. The summed E-state index contributed by atoms with van der Waals surface area (Å²) < 4.78 is 0. The van der Waals surface area contributed by atoms with Crippen LogP contribution in [0.1, 0.15) is 16.7 Å². The fourth-order valence-electron chi connectivity index (χ4n) is 2.42. The molecule has 108 valence electrons. The highest BCUT2D eigenvalue weighted by Gasteiger charge is 2.28. The minimum Gasteiger partial charge on any atom is -0.325 e. The summed E-state index contributed by atoms with van der Waals surface area (Å²) in [6.07, 6.45) is 0.783. The van der Waals surface area contributed by atoms with E-state index in [1.54, 1.807) is 17.8 Å². The zero-order valence-corrected chi connectivity index (χ0v) is 13.5. The maximum Gasteiger partial charge on any atom is 0.238 e. The zero-order valence-electron chi connectivity index (χ0n) is 11.9. The van der Waals surface area contributed by atoms with Gasteiger partial charge in [0.25, 0.3) is 0 Å². The molecule has 1 amide bonds. The summed E-state index contributed by atoms with van der Waals surface area (Å²) in [7, 11) is 0. The van der Waals surface area contributed by atoms with Crippen LogP contribution in [0, 0.1) is 13.8 Å². The van der Waals surface area contributed by atoms with Crippen molar-refractivity contribution in [3.63, 3.8) is 0 Å². The summed E-state index contributed by atoms with van der Waals surface area (Å²) in [5.41, 5.74) is 4.30. The Hall–Kier alpha value is -1.45. The summed E-state index contributed by atoms with van der Waals surface area (Å²) in [6, 6.07) is 11.9. The van der Waals surface area contributed by atoms with E-state index in [1.807, 2.05) is 19.1 Å². The van der Waals surface area contributed by atoms with Gasteiger partial charge in [-0.2, -0.15) is 0 Å². The summed E-state index contributed by atoms with van der Waals surface area (Å²) >= 11 is 7.64. The van der Waals surface area contributed by atoms with E-state index in [9.17, 15) is 4.79 Å². The van der Waals surface area contributed by atoms with Gasteiger partial charge in [0.15, 0.2) is 0 Å². The van der Waals surface area contributed by atoms with Crippen LogP contribution in [0.2, 0.25) is 5.02 Å². The van der Waals surface area contributed by atoms with Gasteiger partial charge in [0.1, 0.15) is 0 Å². The summed E-state index contributed by atoms with van der Waals surface area (Å²) in [5, 5.41) is 3.56. The molecule has 1 aliphatic heterocycles. The molecule has 4 heteroatoms. The number of benzene rings is 2. The number of fused-ring (bicyclic) bond motifs is 1. The van der Waals surface area contributed by atoms with Gasteiger partial charge in [-0.05, 0) is 49.6 Å². The fraction of sp³-hybridized carbons (Fsp3) is 0.235. The molecule has 0 saturated carbocycles. The van der Waals surface area contributed by atoms with E-state index in [4.69, 9.17) is 11.6 Å². The van der Waals surface area contributed by atoms with E-state index in [0.29, 0.717) is 5.02 Å². The lowest BCUT2D eigenvalue weighted by molar-refractivity contribution is -0.115. The molecule has 3 rings (SSSR count). The first-order chi connectivity index (χ1) is 10.0. The van der Waals surface area contributed by atoms with Crippen molar-refractivity contribution < 1.29 is 4.79 Å². The lowest BCUT2D eigenvalue weighted by Crippen LogP contribution is -2.25. The van der Waals surface area contributed by atoms with E-state index in [2.05, 4.69) is 30.4 Å². The standard InChI is InChI=1S/C17H16ClNOS/c1-10-3-5-12-8-16(21-15(12)7-10)17(20)19-14-9-13(18)6-4-11(14)2/h3-7,9,16H,8H2,1-2H3,(H,19,20)/t16-/m0/s1. The first kappa shape index (κ1) is 14.5. The van der Waals surface area contributed by atoms with Crippen molar-refractivity contribution >= 4 is 35.0 Å². The van der Waals surface area contributed by atoms with Crippen LogP contribution in [0.3, 0.4) is 0 Å². The van der Waals surface area contributed by atoms with E-state index < -0.39 is 0 Å². The van der Waals surface area contributed by atoms with Crippen molar-refractivity contribution in [3.05, 3.63) is 58.1 Å². The van der Waals surface area contributed by atoms with Crippen LogP contribution < -0.4 is 5.32 Å². The van der Waals surface area contributed by atoms with Gasteiger partial charge in [-0.3, -0.25) is 4.79 Å². The molecule has 1 atom stereocenters. The van der Waals surface area contributed by atoms with E-state index in [1.165, 1.54) is 16.0 Å². The number of aryl methyl sites for hydroxylation is 2. The molecule has 21 heavy (non-hydrogen) atoms. The van der Waals surface area contributed by atoms with Crippen molar-refractivity contribution in [1.82, 2.24) is 0 Å². The number of amides is 1. The maximum absolute atomic E-state index is 12.5. The van der Waals surface area contributed by atoms with Gasteiger partial charge < -0.3 is 5.32 Å². The number of hydrogen-bond acceptors (Lipinski definition) is 2. The molecule has 0 fully saturated rings. The Labute approximate surface area is 133 Å². The minimum atomic E-state index is -0.0693. The highest BCUT2D eigenvalue weighted by atomic mass is 35.5. The topological polar surface area (TPSA) is 29.1 Å². The molecule has 0 spiro atoms. The number of carbonyl (C=O) groups is 1. The number of halogens is 1. The van der Waals surface area contributed by atoms with E-state index in [0.717, 1.165) is 17.7 Å². The number of rotatable bonds is 2. The molecular formula is C17H16ClNOS. The van der Waals surface area contributed by atoms with Gasteiger partial charge in [0, 0.05) is 15.6 Å².